The van der Waals surface area contributed by atoms with Crippen LogP contribution in [0.2, 0.25) is 0 Å². The lowest BCUT2D eigenvalue weighted by molar-refractivity contribution is 0.0950. The fraction of sp³-hybridized carbons (Fsp3) is 0.423. The Hall–Kier alpha value is -3.75. The molecular weight excluding hydrogens is 448 g/mol. The Morgan fingerprint density at radius 2 is 1.63 bits per heavy atom. The number of nitrogens with zero attached hydrogens (tertiary/aromatic N) is 3. The summed E-state index contributed by atoms with van der Waals surface area (Å²) in [6.07, 6.45) is 2.06. The standard InChI is InChI=1S/C26H32N4O5/c1-4-33-21-16-19(17-22(34-5-2)23(21)35-6-3)25(31)27-14-15-29-26(32)30(20-10-8-7-9-11-20)24(28-29)18-12-13-18/h7-11,16-18H,4-6,12-15H2,1-3H3,(H,27,31). The van der Waals surface area contributed by atoms with E-state index < -0.39 is 0 Å². The van der Waals surface area contributed by atoms with E-state index in [9.17, 15) is 9.59 Å². The van der Waals surface area contributed by atoms with Crippen molar-refractivity contribution in [1.82, 2.24) is 19.7 Å². The maximum Gasteiger partial charge on any atom is 0.350 e. The second-order valence-corrected chi connectivity index (χ2v) is 8.17. The highest BCUT2D eigenvalue weighted by Gasteiger charge is 2.31. The molecule has 1 fully saturated rings. The van der Waals surface area contributed by atoms with Crippen LogP contribution in [0.5, 0.6) is 17.2 Å². The summed E-state index contributed by atoms with van der Waals surface area (Å²) in [5, 5.41) is 7.46. The molecule has 0 atom stereocenters. The third kappa shape index (κ3) is 5.50. The number of carbonyl (C=O) groups excluding carboxylic acids is 1. The minimum absolute atomic E-state index is 0.203. The Morgan fingerprint density at radius 3 is 2.20 bits per heavy atom. The highest BCUT2D eigenvalue weighted by atomic mass is 16.5. The van der Waals surface area contributed by atoms with Gasteiger partial charge in [-0.05, 0) is 57.9 Å². The molecule has 1 aromatic heterocycles. The lowest BCUT2D eigenvalue weighted by Gasteiger charge is -2.17. The molecule has 0 unspecified atom stereocenters. The number of nitrogens with one attached hydrogen (secondary N) is 1. The third-order valence-electron chi connectivity index (χ3n) is 5.60. The van der Waals surface area contributed by atoms with Crippen LogP contribution < -0.4 is 25.2 Å². The predicted molar refractivity (Wildman–Crippen MR) is 132 cm³/mol. The van der Waals surface area contributed by atoms with Gasteiger partial charge in [0.15, 0.2) is 11.5 Å². The topological polar surface area (TPSA) is 96.6 Å². The number of amides is 1. The lowest BCUT2D eigenvalue weighted by atomic mass is 10.1. The average molecular weight is 481 g/mol. The van der Waals surface area contributed by atoms with Gasteiger partial charge in [0.1, 0.15) is 5.82 Å². The first-order valence-corrected chi connectivity index (χ1v) is 12.2. The molecule has 0 bridgehead atoms. The first-order valence-electron chi connectivity index (χ1n) is 12.2. The van der Waals surface area contributed by atoms with Crippen molar-refractivity contribution in [1.29, 1.82) is 0 Å². The highest BCUT2D eigenvalue weighted by molar-refractivity contribution is 5.95. The second kappa shape index (κ2) is 11.1. The molecule has 1 N–H and O–H groups in total. The zero-order chi connectivity index (χ0) is 24.8. The maximum atomic E-state index is 13.1. The van der Waals surface area contributed by atoms with Gasteiger partial charge in [-0.25, -0.2) is 14.0 Å². The van der Waals surface area contributed by atoms with Crippen LogP contribution in [0.25, 0.3) is 5.69 Å². The van der Waals surface area contributed by atoms with Gasteiger partial charge < -0.3 is 19.5 Å². The predicted octanol–water partition coefficient (Wildman–Crippen LogP) is 3.54. The molecular formula is C26H32N4O5. The SMILES string of the molecule is CCOc1cc(C(=O)NCCn2nc(C3CC3)n(-c3ccccc3)c2=O)cc(OCC)c1OCC. The fourth-order valence-electron chi connectivity index (χ4n) is 3.89. The molecule has 4 rings (SSSR count). The minimum Gasteiger partial charge on any atom is -0.490 e. The number of aromatic nitrogens is 3. The van der Waals surface area contributed by atoms with E-state index in [1.165, 1.54) is 4.68 Å². The molecule has 35 heavy (non-hydrogen) atoms. The van der Waals surface area contributed by atoms with Crippen LogP contribution in [0, 0.1) is 0 Å². The van der Waals surface area contributed by atoms with E-state index in [4.69, 9.17) is 14.2 Å². The average Bonchev–Trinajstić information content (AvgIpc) is 3.65. The number of hydrogen-bond donors (Lipinski definition) is 1. The van der Waals surface area contributed by atoms with Crippen LogP contribution in [0.4, 0.5) is 0 Å². The van der Waals surface area contributed by atoms with E-state index in [1.54, 1.807) is 16.7 Å². The quantitative estimate of drug-likeness (QED) is 0.426. The van der Waals surface area contributed by atoms with Gasteiger partial charge in [-0.1, -0.05) is 18.2 Å². The maximum absolute atomic E-state index is 13.1. The summed E-state index contributed by atoms with van der Waals surface area (Å²) in [5.74, 6) is 2.18. The molecule has 2 aromatic carbocycles. The molecule has 1 saturated carbocycles. The monoisotopic (exact) mass is 480 g/mol. The summed E-state index contributed by atoms with van der Waals surface area (Å²) in [4.78, 5) is 26.0. The normalized spacial score (nSPS) is 12.9. The fourth-order valence-corrected chi connectivity index (χ4v) is 3.89. The summed E-state index contributed by atoms with van der Waals surface area (Å²) < 4.78 is 20.2. The number of hydrogen-bond acceptors (Lipinski definition) is 6. The molecule has 3 aromatic rings. The Bertz CT molecular complexity index is 1190. The van der Waals surface area contributed by atoms with Gasteiger partial charge in [-0.15, -0.1) is 0 Å². The molecule has 9 heteroatoms. The van der Waals surface area contributed by atoms with Crippen molar-refractivity contribution in [3.63, 3.8) is 0 Å². The number of ether oxygens (including phenoxy) is 3. The molecule has 1 aliphatic rings. The zero-order valence-electron chi connectivity index (χ0n) is 20.5. The largest absolute Gasteiger partial charge is 0.490 e. The lowest BCUT2D eigenvalue weighted by Crippen LogP contribution is -2.32. The minimum atomic E-state index is -0.298. The van der Waals surface area contributed by atoms with Gasteiger partial charge in [-0.3, -0.25) is 4.79 Å². The second-order valence-electron chi connectivity index (χ2n) is 8.17. The molecule has 186 valence electrons. The van der Waals surface area contributed by atoms with Gasteiger partial charge in [-0.2, -0.15) is 5.10 Å². The Balaban J connectivity index is 1.50. The summed E-state index contributed by atoms with van der Waals surface area (Å²) in [6, 6.07) is 12.8. The third-order valence-corrected chi connectivity index (χ3v) is 5.60. The number of benzene rings is 2. The smallest absolute Gasteiger partial charge is 0.350 e. The first-order chi connectivity index (χ1) is 17.1. The first kappa shape index (κ1) is 24.4. The van der Waals surface area contributed by atoms with Crippen molar-refractivity contribution in [3.05, 3.63) is 64.3 Å². The number of carbonyl (C=O) groups is 1. The van der Waals surface area contributed by atoms with Crippen molar-refractivity contribution < 1.29 is 19.0 Å². The number of para-hydroxylation sites is 1. The van der Waals surface area contributed by atoms with Crippen molar-refractivity contribution in [2.75, 3.05) is 26.4 Å². The molecule has 0 radical (unpaired) electrons. The van der Waals surface area contributed by atoms with E-state index in [1.807, 2.05) is 51.1 Å². The van der Waals surface area contributed by atoms with Crippen LogP contribution >= 0.6 is 0 Å². The van der Waals surface area contributed by atoms with Gasteiger partial charge in [0.25, 0.3) is 5.91 Å². The summed E-state index contributed by atoms with van der Waals surface area (Å²) in [6.45, 7) is 7.41. The van der Waals surface area contributed by atoms with E-state index in [-0.39, 0.29) is 24.7 Å². The summed E-state index contributed by atoms with van der Waals surface area (Å²) >= 11 is 0. The Kier molecular flexibility index (Phi) is 7.74. The molecule has 1 aliphatic carbocycles. The molecule has 1 amide bonds. The zero-order valence-corrected chi connectivity index (χ0v) is 20.5. The van der Waals surface area contributed by atoms with Gasteiger partial charge in [0.2, 0.25) is 5.75 Å². The van der Waals surface area contributed by atoms with E-state index in [2.05, 4.69) is 10.4 Å². The summed E-state index contributed by atoms with van der Waals surface area (Å²) in [7, 11) is 0. The number of rotatable bonds is 12. The van der Waals surface area contributed by atoms with Crippen LogP contribution in [0.15, 0.2) is 47.3 Å². The van der Waals surface area contributed by atoms with Gasteiger partial charge in [0.05, 0.1) is 32.1 Å². The molecule has 9 nitrogen and oxygen atoms in total. The molecule has 0 aliphatic heterocycles. The van der Waals surface area contributed by atoms with Crippen molar-refractivity contribution in [3.8, 4) is 22.9 Å². The van der Waals surface area contributed by atoms with Crippen molar-refractivity contribution >= 4 is 5.91 Å². The summed E-state index contributed by atoms with van der Waals surface area (Å²) in [5.41, 5.74) is 0.989. The van der Waals surface area contributed by atoms with Crippen LogP contribution in [0.1, 0.15) is 55.7 Å². The van der Waals surface area contributed by atoms with Gasteiger partial charge >= 0.3 is 5.69 Å². The van der Waals surface area contributed by atoms with E-state index >= 15 is 0 Å². The van der Waals surface area contributed by atoms with Crippen LogP contribution in [-0.2, 0) is 6.54 Å². The van der Waals surface area contributed by atoms with Crippen LogP contribution in [-0.4, -0.2) is 46.6 Å². The Labute approximate surface area is 204 Å². The van der Waals surface area contributed by atoms with E-state index in [0.717, 1.165) is 24.4 Å². The molecule has 0 spiro atoms. The molecule has 1 heterocycles. The van der Waals surface area contributed by atoms with Crippen molar-refractivity contribution in [2.24, 2.45) is 0 Å². The Morgan fingerprint density at radius 1 is 1.00 bits per heavy atom. The van der Waals surface area contributed by atoms with Gasteiger partial charge in [0, 0.05) is 18.0 Å². The van der Waals surface area contributed by atoms with Crippen LogP contribution in [0.3, 0.4) is 0 Å². The molecule has 0 saturated heterocycles. The van der Waals surface area contributed by atoms with E-state index in [0.29, 0.717) is 48.6 Å². The highest BCUT2D eigenvalue weighted by Crippen LogP contribution is 2.40. The van der Waals surface area contributed by atoms with Crippen molar-refractivity contribution in [2.45, 2.75) is 46.1 Å².